The van der Waals surface area contributed by atoms with Crippen molar-refractivity contribution in [2.75, 3.05) is 39.9 Å². The Morgan fingerprint density at radius 2 is 2.00 bits per heavy atom. The van der Waals surface area contributed by atoms with Crippen molar-refractivity contribution in [1.82, 2.24) is 10.2 Å². The van der Waals surface area contributed by atoms with Crippen molar-refractivity contribution in [3.05, 3.63) is 0 Å². The first-order chi connectivity index (χ1) is 8.63. The van der Waals surface area contributed by atoms with Gasteiger partial charge < -0.3 is 15.0 Å². The van der Waals surface area contributed by atoms with Crippen molar-refractivity contribution >= 4 is 0 Å². The molecule has 0 bridgehead atoms. The average molecular weight is 256 g/mol. The lowest BCUT2D eigenvalue weighted by atomic mass is 9.89. The van der Waals surface area contributed by atoms with Gasteiger partial charge in [-0.1, -0.05) is 13.8 Å². The maximum Gasteiger partial charge on any atom is 0.0613 e. The molecule has 18 heavy (non-hydrogen) atoms. The third-order valence-electron chi connectivity index (χ3n) is 4.15. The molecule has 0 radical (unpaired) electrons. The van der Waals surface area contributed by atoms with E-state index in [0.717, 1.165) is 25.0 Å². The molecule has 3 nitrogen and oxygen atoms in total. The van der Waals surface area contributed by atoms with E-state index in [1.54, 1.807) is 7.11 Å². The van der Waals surface area contributed by atoms with E-state index >= 15 is 0 Å². The van der Waals surface area contributed by atoms with E-state index in [0.29, 0.717) is 6.04 Å². The first-order valence-electron chi connectivity index (χ1n) is 7.58. The molecule has 0 aromatic rings. The van der Waals surface area contributed by atoms with Gasteiger partial charge in [-0.3, -0.25) is 0 Å². The lowest BCUT2D eigenvalue weighted by Crippen LogP contribution is -2.38. The number of rotatable bonds is 7. The molecule has 108 valence electrons. The van der Waals surface area contributed by atoms with Crippen molar-refractivity contribution < 1.29 is 4.74 Å². The second kappa shape index (κ2) is 8.89. The summed E-state index contributed by atoms with van der Waals surface area (Å²) in [5.41, 5.74) is 0. The van der Waals surface area contributed by atoms with Crippen LogP contribution in [0.4, 0.5) is 0 Å². The first kappa shape index (κ1) is 15.9. The molecule has 3 heteroatoms. The zero-order valence-corrected chi connectivity index (χ0v) is 12.7. The Bertz CT molecular complexity index is 209. The van der Waals surface area contributed by atoms with Gasteiger partial charge in [0.1, 0.15) is 0 Å². The Balaban J connectivity index is 2.15. The molecule has 0 spiro atoms. The first-order valence-corrected chi connectivity index (χ1v) is 7.58. The van der Waals surface area contributed by atoms with Gasteiger partial charge in [-0.25, -0.2) is 0 Å². The van der Waals surface area contributed by atoms with Crippen molar-refractivity contribution in [2.24, 2.45) is 11.8 Å². The summed E-state index contributed by atoms with van der Waals surface area (Å²) in [6, 6.07) is 0.463. The fourth-order valence-electron chi connectivity index (χ4n) is 2.85. The van der Waals surface area contributed by atoms with E-state index in [2.05, 4.69) is 31.0 Å². The maximum atomic E-state index is 5.13. The van der Waals surface area contributed by atoms with Crippen LogP contribution in [0.1, 0.15) is 40.0 Å². The van der Waals surface area contributed by atoms with E-state index in [4.69, 9.17) is 4.74 Å². The molecule has 0 saturated carbocycles. The molecule has 1 fully saturated rings. The standard InChI is InChI=1S/C15H32N2O/c1-13(2)15-6-5-9-17(10-7-15)11-8-16-14(3)12-18-4/h13-16H,5-12H2,1-4H3. The highest BCUT2D eigenvalue weighted by Gasteiger charge is 2.19. The zero-order valence-electron chi connectivity index (χ0n) is 12.7. The van der Waals surface area contributed by atoms with Crippen LogP contribution in [0.3, 0.4) is 0 Å². The van der Waals surface area contributed by atoms with Crippen LogP contribution in [0.25, 0.3) is 0 Å². The fourth-order valence-corrected chi connectivity index (χ4v) is 2.85. The van der Waals surface area contributed by atoms with Crippen LogP contribution < -0.4 is 5.32 Å². The lowest BCUT2D eigenvalue weighted by molar-refractivity contribution is 0.169. The highest BCUT2D eigenvalue weighted by molar-refractivity contribution is 4.73. The highest BCUT2D eigenvalue weighted by atomic mass is 16.5. The number of hydrogen-bond acceptors (Lipinski definition) is 3. The van der Waals surface area contributed by atoms with E-state index in [9.17, 15) is 0 Å². The predicted molar refractivity (Wildman–Crippen MR) is 78.0 cm³/mol. The largest absolute Gasteiger partial charge is 0.383 e. The van der Waals surface area contributed by atoms with Crippen molar-refractivity contribution in [3.8, 4) is 0 Å². The number of likely N-dealkylation sites (tertiary alicyclic amines) is 1. The molecular formula is C15H32N2O. The molecule has 1 aliphatic rings. The number of methoxy groups -OCH3 is 1. The van der Waals surface area contributed by atoms with E-state index in [-0.39, 0.29) is 0 Å². The Kier molecular flexibility index (Phi) is 7.87. The molecule has 0 aliphatic carbocycles. The van der Waals surface area contributed by atoms with Crippen LogP contribution in [0.5, 0.6) is 0 Å². The zero-order chi connectivity index (χ0) is 13.4. The maximum absolute atomic E-state index is 5.13. The number of nitrogens with zero attached hydrogens (tertiary/aromatic N) is 1. The molecule has 0 amide bonds. The van der Waals surface area contributed by atoms with Gasteiger partial charge in [-0.15, -0.1) is 0 Å². The Hall–Kier alpha value is -0.120. The van der Waals surface area contributed by atoms with Crippen LogP contribution in [0, 0.1) is 11.8 Å². The van der Waals surface area contributed by atoms with Crippen LogP contribution in [-0.4, -0.2) is 50.8 Å². The highest BCUT2D eigenvalue weighted by Crippen LogP contribution is 2.24. The molecule has 0 aromatic heterocycles. The van der Waals surface area contributed by atoms with Crippen LogP contribution in [-0.2, 0) is 4.74 Å². The molecule has 1 heterocycles. The molecule has 1 N–H and O–H groups in total. The van der Waals surface area contributed by atoms with Gasteiger partial charge in [0.15, 0.2) is 0 Å². The number of nitrogens with one attached hydrogen (secondary N) is 1. The minimum absolute atomic E-state index is 0.463. The summed E-state index contributed by atoms with van der Waals surface area (Å²) in [5.74, 6) is 1.79. The third-order valence-corrected chi connectivity index (χ3v) is 4.15. The van der Waals surface area contributed by atoms with Gasteiger partial charge >= 0.3 is 0 Å². The van der Waals surface area contributed by atoms with E-state index in [1.165, 1.54) is 38.9 Å². The predicted octanol–water partition coefficient (Wildman–Crippen LogP) is 2.37. The minimum Gasteiger partial charge on any atom is -0.383 e. The summed E-state index contributed by atoms with van der Waals surface area (Å²) in [5, 5.41) is 3.52. The van der Waals surface area contributed by atoms with Crippen LogP contribution >= 0.6 is 0 Å². The van der Waals surface area contributed by atoms with Crippen molar-refractivity contribution in [2.45, 2.75) is 46.1 Å². The van der Waals surface area contributed by atoms with Gasteiger partial charge in [0.05, 0.1) is 6.61 Å². The Morgan fingerprint density at radius 1 is 1.22 bits per heavy atom. The Morgan fingerprint density at radius 3 is 2.67 bits per heavy atom. The van der Waals surface area contributed by atoms with Crippen molar-refractivity contribution in [1.29, 1.82) is 0 Å². The smallest absolute Gasteiger partial charge is 0.0613 e. The summed E-state index contributed by atoms with van der Waals surface area (Å²) < 4.78 is 5.13. The average Bonchev–Trinajstić information content (AvgIpc) is 2.55. The van der Waals surface area contributed by atoms with E-state index < -0.39 is 0 Å². The fraction of sp³-hybridized carbons (Fsp3) is 1.00. The molecule has 1 saturated heterocycles. The molecule has 0 aromatic carbocycles. The van der Waals surface area contributed by atoms with Crippen molar-refractivity contribution in [3.63, 3.8) is 0 Å². The van der Waals surface area contributed by atoms with Gasteiger partial charge in [0.25, 0.3) is 0 Å². The van der Waals surface area contributed by atoms with Crippen LogP contribution in [0.15, 0.2) is 0 Å². The van der Waals surface area contributed by atoms with Gasteiger partial charge in [-0.05, 0) is 51.1 Å². The molecule has 2 atom stereocenters. The molecule has 1 aliphatic heterocycles. The van der Waals surface area contributed by atoms with Gasteiger partial charge in [0, 0.05) is 26.2 Å². The van der Waals surface area contributed by atoms with Crippen LogP contribution in [0.2, 0.25) is 0 Å². The molecule has 2 unspecified atom stereocenters. The second-order valence-electron chi connectivity index (χ2n) is 6.09. The van der Waals surface area contributed by atoms with Gasteiger partial charge in [0.2, 0.25) is 0 Å². The Labute approximate surface area is 113 Å². The summed E-state index contributed by atoms with van der Waals surface area (Å²) >= 11 is 0. The summed E-state index contributed by atoms with van der Waals surface area (Å²) in [6.45, 7) is 12.5. The molecule has 1 rings (SSSR count). The monoisotopic (exact) mass is 256 g/mol. The topological polar surface area (TPSA) is 24.5 Å². The summed E-state index contributed by atoms with van der Waals surface area (Å²) in [7, 11) is 1.76. The third kappa shape index (κ3) is 6.17. The van der Waals surface area contributed by atoms with Gasteiger partial charge in [-0.2, -0.15) is 0 Å². The summed E-state index contributed by atoms with van der Waals surface area (Å²) in [4.78, 5) is 2.62. The van der Waals surface area contributed by atoms with E-state index in [1.807, 2.05) is 0 Å². The summed E-state index contributed by atoms with van der Waals surface area (Å²) in [6.07, 6.45) is 4.17. The minimum atomic E-state index is 0.463. The SMILES string of the molecule is COCC(C)NCCN1CCCC(C(C)C)CC1. The number of hydrogen-bond donors (Lipinski definition) is 1. The number of ether oxygens (including phenoxy) is 1. The molecular weight excluding hydrogens is 224 g/mol. The quantitative estimate of drug-likeness (QED) is 0.757. The lowest BCUT2D eigenvalue weighted by Gasteiger charge is -2.22. The normalized spacial score (nSPS) is 24.2. The second-order valence-corrected chi connectivity index (χ2v) is 6.09.